The molecule has 3 rings (SSSR count). The molecule has 1 aliphatic rings. The van der Waals surface area contributed by atoms with Crippen LogP contribution in [0.5, 0.6) is 5.75 Å². The van der Waals surface area contributed by atoms with E-state index in [1.165, 1.54) is 7.11 Å². The normalized spacial score (nSPS) is 18.5. The average Bonchev–Trinajstić information content (AvgIpc) is 2.80. The summed E-state index contributed by atoms with van der Waals surface area (Å²) < 4.78 is 19.6. The SMILES string of the molecule is COc1cccc(CN2CCCNC(=O)C2Cc2ccccc2)c1F. The molecule has 0 spiro atoms. The van der Waals surface area contributed by atoms with Crippen LogP contribution in [0, 0.1) is 5.82 Å². The van der Waals surface area contributed by atoms with Crippen molar-refractivity contribution in [2.75, 3.05) is 20.2 Å². The number of hydrogen-bond acceptors (Lipinski definition) is 3. The number of nitrogens with zero attached hydrogens (tertiary/aromatic N) is 1. The number of amides is 1. The molecule has 1 amide bonds. The first-order valence-corrected chi connectivity index (χ1v) is 8.56. The van der Waals surface area contributed by atoms with Crippen molar-refractivity contribution < 1.29 is 13.9 Å². The van der Waals surface area contributed by atoms with Gasteiger partial charge in [-0.2, -0.15) is 0 Å². The largest absolute Gasteiger partial charge is 0.494 e. The van der Waals surface area contributed by atoms with Crippen LogP contribution in [0.4, 0.5) is 4.39 Å². The summed E-state index contributed by atoms with van der Waals surface area (Å²) in [7, 11) is 1.46. The second-order valence-electron chi connectivity index (χ2n) is 6.25. The van der Waals surface area contributed by atoms with Gasteiger partial charge in [0.2, 0.25) is 5.91 Å². The van der Waals surface area contributed by atoms with Gasteiger partial charge in [-0.15, -0.1) is 0 Å². The summed E-state index contributed by atoms with van der Waals surface area (Å²) in [5, 5.41) is 2.97. The zero-order valence-corrected chi connectivity index (χ0v) is 14.4. The van der Waals surface area contributed by atoms with Crippen LogP contribution in [-0.2, 0) is 17.8 Å². The summed E-state index contributed by atoms with van der Waals surface area (Å²) >= 11 is 0. The van der Waals surface area contributed by atoms with Crippen molar-refractivity contribution in [3.05, 3.63) is 65.5 Å². The first-order valence-electron chi connectivity index (χ1n) is 8.56. The van der Waals surface area contributed by atoms with Gasteiger partial charge >= 0.3 is 0 Å². The Kier molecular flexibility index (Phi) is 5.66. The van der Waals surface area contributed by atoms with Gasteiger partial charge in [0.25, 0.3) is 0 Å². The number of halogens is 1. The molecule has 0 radical (unpaired) electrons. The predicted octanol–water partition coefficient (Wildman–Crippen LogP) is 2.77. The molecule has 1 N–H and O–H groups in total. The van der Waals surface area contributed by atoms with Crippen molar-refractivity contribution in [2.24, 2.45) is 0 Å². The minimum atomic E-state index is -0.354. The molecule has 1 fully saturated rings. The fraction of sp³-hybridized carbons (Fsp3) is 0.350. The highest BCUT2D eigenvalue weighted by Gasteiger charge is 2.29. The molecule has 1 saturated heterocycles. The lowest BCUT2D eigenvalue weighted by Gasteiger charge is -2.28. The zero-order valence-electron chi connectivity index (χ0n) is 14.4. The second kappa shape index (κ2) is 8.12. The van der Waals surface area contributed by atoms with E-state index < -0.39 is 0 Å². The number of carbonyl (C=O) groups excluding carboxylic acids is 1. The summed E-state index contributed by atoms with van der Waals surface area (Å²) in [4.78, 5) is 14.6. The number of carbonyl (C=O) groups is 1. The molecular weight excluding hydrogens is 319 g/mol. The number of hydrogen-bond donors (Lipinski definition) is 1. The first-order chi connectivity index (χ1) is 12.2. The van der Waals surface area contributed by atoms with Crippen molar-refractivity contribution >= 4 is 5.91 Å². The lowest BCUT2D eigenvalue weighted by atomic mass is 10.0. The monoisotopic (exact) mass is 342 g/mol. The molecule has 0 bridgehead atoms. The highest BCUT2D eigenvalue weighted by Crippen LogP contribution is 2.23. The third-order valence-corrected chi connectivity index (χ3v) is 4.57. The summed E-state index contributed by atoms with van der Waals surface area (Å²) in [6.07, 6.45) is 1.46. The van der Waals surface area contributed by atoms with Crippen LogP contribution >= 0.6 is 0 Å². The van der Waals surface area contributed by atoms with Gasteiger partial charge in [0, 0.05) is 25.2 Å². The van der Waals surface area contributed by atoms with Gasteiger partial charge in [-0.3, -0.25) is 9.69 Å². The Morgan fingerprint density at radius 3 is 2.76 bits per heavy atom. The molecule has 0 saturated carbocycles. The van der Waals surface area contributed by atoms with Gasteiger partial charge in [0.1, 0.15) is 0 Å². The molecule has 1 heterocycles. The Hall–Kier alpha value is -2.40. The standard InChI is InChI=1S/C20H23FN2O2/c1-25-18-10-5-9-16(19(18)21)14-23-12-6-11-22-20(24)17(23)13-15-7-3-2-4-8-15/h2-5,7-10,17H,6,11-14H2,1H3,(H,22,24). The van der Waals surface area contributed by atoms with Crippen molar-refractivity contribution in [3.63, 3.8) is 0 Å². The minimum Gasteiger partial charge on any atom is -0.494 e. The third kappa shape index (κ3) is 4.17. The topological polar surface area (TPSA) is 41.6 Å². The summed E-state index contributed by atoms with van der Waals surface area (Å²) in [5.74, 6) is -0.117. The number of rotatable bonds is 5. The molecule has 2 aromatic rings. The molecule has 2 aromatic carbocycles. The third-order valence-electron chi connectivity index (χ3n) is 4.57. The van der Waals surface area contributed by atoms with E-state index in [0.717, 1.165) is 18.5 Å². The van der Waals surface area contributed by atoms with Crippen molar-refractivity contribution in [1.29, 1.82) is 0 Å². The number of nitrogens with one attached hydrogen (secondary N) is 1. The Morgan fingerprint density at radius 2 is 2.00 bits per heavy atom. The van der Waals surface area contributed by atoms with Gasteiger partial charge in [-0.05, 0) is 24.5 Å². The van der Waals surface area contributed by atoms with E-state index in [1.807, 2.05) is 30.3 Å². The highest BCUT2D eigenvalue weighted by atomic mass is 19.1. The smallest absolute Gasteiger partial charge is 0.237 e. The van der Waals surface area contributed by atoms with Gasteiger partial charge < -0.3 is 10.1 Å². The maximum absolute atomic E-state index is 14.5. The summed E-state index contributed by atoms with van der Waals surface area (Å²) in [5.41, 5.74) is 1.65. The van der Waals surface area contributed by atoms with E-state index in [2.05, 4.69) is 10.2 Å². The van der Waals surface area contributed by atoms with E-state index >= 15 is 0 Å². The molecule has 0 aromatic heterocycles. The Bertz CT molecular complexity index is 721. The second-order valence-corrected chi connectivity index (χ2v) is 6.25. The molecule has 4 nitrogen and oxygen atoms in total. The van der Waals surface area contributed by atoms with Crippen LogP contribution in [0.2, 0.25) is 0 Å². The van der Waals surface area contributed by atoms with Gasteiger partial charge in [-0.1, -0.05) is 42.5 Å². The lowest BCUT2D eigenvalue weighted by Crippen LogP contribution is -2.45. The molecule has 1 unspecified atom stereocenters. The Balaban J connectivity index is 1.84. The fourth-order valence-corrected chi connectivity index (χ4v) is 3.24. The van der Waals surface area contributed by atoms with E-state index in [9.17, 15) is 9.18 Å². The number of ether oxygens (including phenoxy) is 1. The molecule has 132 valence electrons. The van der Waals surface area contributed by atoms with Crippen molar-refractivity contribution in [2.45, 2.75) is 25.4 Å². The van der Waals surface area contributed by atoms with E-state index in [0.29, 0.717) is 25.1 Å². The van der Waals surface area contributed by atoms with Crippen LogP contribution in [0.15, 0.2) is 48.5 Å². The Labute approximate surface area is 147 Å². The van der Waals surface area contributed by atoms with Gasteiger partial charge in [0.05, 0.1) is 13.2 Å². The lowest BCUT2D eigenvalue weighted by molar-refractivity contribution is -0.125. The van der Waals surface area contributed by atoms with Crippen molar-refractivity contribution in [1.82, 2.24) is 10.2 Å². The van der Waals surface area contributed by atoms with Crippen LogP contribution in [0.25, 0.3) is 0 Å². The van der Waals surface area contributed by atoms with Crippen LogP contribution < -0.4 is 10.1 Å². The van der Waals surface area contributed by atoms with Crippen LogP contribution in [0.1, 0.15) is 17.5 Å². The predicted molar refractivity (Wildman–Crippen MR) is 94.9 cm³/mol. The molecule has 1 atom stereocenters. The minimum absolute atomic E-state index is 0.00431. The quantitative estimate of drug-likeness (QED) is 0.908. The maximum Gasteiger partial charge on any atom is 0.237 e. The van der Waals surface area contributed by atoms with E-state index in [-0.39, 0.29) is 23.5 Å². The fourth-order valence-electron chi connectivity index (χ4n) is 3.24. The molecule has 1 aliphatic heterocycles. The number of benzene rings is 2. The highest BCUT2D eigenvalue weighted by molar-refractivity contribution is 5.82. The average molecular weight is 342 g/mol. The van der Waals surface area contributed by atoms with Gasteiger partial charge in [0.15, 0.2) is 11.6 Å². The zero-order chi connectivity index (χ0) is 17.6. The van der Waals surface area contributed by atoms with Crippen LogP contribution in [0.3, 0.4) is 0 Å². The van der Waals surface area contributed by atoms with E-state index in [4.69, 9.17) is 4.74 Å². The van der Waals surface area contributed by atoms with Crippen molar-refractivity contribution in [3.8, 4) is 5.75 Å². The first kappa shape index (κ1) is 17.4. The van der Waals surface area contributed by atoms with Crippen LogP contribution in [-0.4, -0.2) is 37.0 Å². The van der Waals surface area contributed by atoms with Gasteiger partial charge in [-0.25, -0.2) is 4.39 Å². The Morgan fingerprint density at radius 1 is 1.20 bits per heavy atom. The molecule has 0 aliphatic carbocycles. The molecule has 5 heteroatoms. The molecular formula is C20H23FN2O2. The van der Waals surface area contributed by atoms with E-state index in [1.54, 1.807) is 18.2 Å². The summed E-state index contributed by atoms with van der Waals surface area (Å²) in [6.45, 7) is 1.78. The summed E-state index contributed by atoms with van der Waals surface area (Å²) in [6, 6.07) is 14.8. The molecule has 25 heavy (non-hydrogen) atoms. The maximum atomic E-state index is 14.5. The number of methoxy groups -OCH3 is 1.